The number of halogens is 2. The van der Waals surface area contributed by atoms with Crippen LogP contribution in [0.3, 0.4) is 0 Å². The molecule has 3 heterocycles. The number of hydrogen-bond donors (Lipinski definition) is 0. The Morgan fingerprint density at radius 2 is 1.71 bits per heavy atom. The number of aryl methyl sites for hydroxylation is 1. The Bertz CT molecular complexity index is 1810. The van der Waals surface area contributed by atoms with Crippen LogP contribution < -0.4 is 16.0 Å². The molecule has 10 nitrogen and oxygen atoms in total. The number of nitro benzene ring substituents is 1. The topological polar surface area (TPSA) is 122 Å². The second-order valence-electron chi connectivity index (χ2n) is 8.18. The highest BCUT2D eigenvalue weighted by Gasteiger charge is 2.24. The smallest absolute Gasteiger partial charge is 0.338 e. The van der Waals surface area contributed by atoms with Gasteiger partial charge in [-0.2, -0.15) is 0 Å². The van der Waals surface area contributed by atoms with Gasteiger partial charge in [0.05, 0.1) is 24.0 Å². The molecule has 0 aliphatic heterocycles. The number of nitro groups is 1. The first-order valence-electron chi connectivity index (χ1n) is 11.1. The van der Waals surface area contributed by atoms with Crippen LogP contribution >= 0.6 is 11.3 Å². The van der Waals surface area contributed by atoms with Gasteiger partial charge in [0, 0.05) is 28.6 Å². The van der Waals surface area contributed by atoms with Gasteiger partial charge in [0.1, 0.15) is 16.5 Å². The van der Waals surface area contributed by atoms with Crippen molar-refractivity contribution < 1.29 is 18.4 Å². The molecule has 0 spiro atoms. The summed E-state index contributed by atoms with van der Waals surface area (Å²) in [5.41, 5.74) is -0.982. The van der Waals surface area contributed by atoms with Crippen LogP contribution in [-0.4, -0.2) is 31.4 Å². The zero-order valence-electron chi connectivity index (χ0n) is 19.8. The minimum absolute atomic E-state index is 0.104. The third kappa shape index (κ3) is 4.12. The lowest BCUT2D eigenvalue weighted by molar-refractivity contribution is -0.384. The average Bonchev–Trinajstić information content (AvgIpc) is 3.25. The summed E-state index contributed by atoms with van der Waals surface area (Å²) in [7, 11) is 1.38. The van der Waals surface area contributed by atoms with Gasteiger partial charge < -0.3 is 4.74 Å². The fourth-order valence-electron chi connectivity index (χ4n) is 4.08. The number of rotatable bonds is 6. The number of benzene rings is 2. The number of nitrogens with zero attached hydrogens (tertiary/aromatic N) is 5. The molecule has 0 saturated carbocycles. The van der Waals surface area contributed by atoms with Crippen LogP contribution in [0, 0.1) is 28.7 Å². The predicted octanol–water partition coefficient (Wildman–Crippen LogP) is 4.22. The third-order valence-corrected chi connectivity index (χ3v) is 7.36. The number of thiophene rings is 1. The number of fused-ring (bicyclic) bond motifs is 1. The summed E-state index contributed by atoms with van der Waals surface area (Å²) < 4.78 is 36.1. The van der Waals surface area contributed by atoms with Crippen molar-refractivity contribution in [2.24, 2.45) is 0 Å². The first kappa shape index (κ1) is 24.9. The fourth-order valence-corrected chi connectivity index (χ4v) is 5.38. The molecule has 0 unspecified atom stereocenters. The molecule has 5 aromatic rings. The van der Waals surface area contributed by atoms with Gasteiger partial charge in [-0.25, -0.2) is 18.1 Å². The maximum Gasteiger partial charge on any atom is 0.338 e. The molecule has 0 bridgehead atoms. The molecular weight excluding hydrogens is 520 g/mol. The highest BCUT2D eigenvalue weighted by molar-refractivity contribution is 7.22. The van der Waals surface area contributed by atoms with Crippen molar-refractivity contribution >= 4 is 27.2 Å². The minimum atomic E-state index is -0.874. The molecule has 5 rings (SSSR count). The monoisotopic (exact) mass is 537 g/mol. The highest BCUT2D eigenvalue weighted by Crippen LogP contribution is 2.37. The van der Waals surface area contributed by atoms with E-state index in [1.165, 1.54) is 49.6 Å². The molecular formula is C25H17F2N5O5S. The van der Waals surface area contributed by atoms with E-state index in [0.29, 0.717) is 16.0 Å². The molecule has 38 heavy (non-hydrogen) atoms. The molecule has 0 aliphatic rings. The molecule has 13 heteroatoms. The van der Waals surface area contributed by atoms with Crippen molar-refractivity contribution in [2.45, 2.75) is 13.5 Å². The number of hydrogen-bond acceptors (Lipinski definition) is 8. The fraction of sp³-hybridized carbons (Fsp3) is 0.120. The van der Waals surface area contributed by atoms with E-state index in [1.807, 2.05) is 0 Å². The van der Waals surface area contributed by atoms with Gasteiger partial charge in [-0.05, 0) is 48.4 Å². The Hall–Kier alpha value is -4.78. The number of methoxy groups -OCH3 is 1. The summed E-state index contributed by atoms with van der Waals surface area (Å²) in [6, 6.07) is 11.9. The van der Waals surface area contributed by atoms with E-state index in [-0.39, 0.29) is 33.2 Å². The zero-order valence-corrected chi connectivity index (χ0v) is 20.7. The van der Waals surface area contributed by atoms with E-state index >= 15 is 0 Å². The molecule has 0 saturated heterocycles. The number of aromatic nitrogens is 4. The summed E-state index contributed by atoms with van der Waals surface area (Å²) in [5.74, 6) is -1.65. The molecule has 0 fully saturated rings. The number of ether oxygens (including phenoxy) is 1. The second-order valence-corrected chi connectivity index (χ2v) is 9.18. The highest BCUT2D eigenvalue weighted by atomic mass is 32.1. The van der Waals surface area contributed by atoms with Gasteiger partial charge in [0.15, 0.2) is 5.82 Å². The summed E-state index contributed by atoms with van der Waals surface area (Å²) in [4.78, 5) is 38.6. The van der Waals surface area contributed by atoms with Crippen LogP contribution in [-0.2, 0) is 6.54 Å². The molecule has 0 atom stereocenters. The van der Waals surface area contributed by atoms with Gasteiger partial charge in [0.2, 0.25) is 5.88 Å². The predicted molar refractivity (Wildman–Crippen MR) is 136 cm³/mol. The van der Waals surface area contributed by atoms with E-state index in [1.54, 1.807) is 6.92 Å². The van der Waals surface area contributed by atoms with Gasteiger partial charge in [0.25, 0.3) is 11.2 Å². The maximum absolute atomic E-state index is 14.6. The van der Waals surface area contributed by atoms with Crippen LogP contribution in [0.4, 0.5) is 14.5 Å². The Kier molecular flexibility index (Phi) is 6.28. The minimum Gasteiger partial charge on any atom is -0.480 e. The lowest BCUT2D eigenvalue weighted by Gasteiger charge is -2.13. The van der Waals surface area contributed by atoms with Crippen molar-refractivity contribution in [1.29, 1.82) is 0 Å². The van der Waals surface area contributed by atoms with Crippen molar-refractivity contribution in [2.75, 3.05) is 7.11 Å². The standard InChI is InChI=1S/C25H17F2N5O5S/c1-13-21-23(33)31(19-10-11-20(37-2)29-28-19)25(34)30(12-16-17(26)4-3-5-18(16)27)24(21)38-22(13)14-6-8-15(9-7-14)32(35)36/h3-11H,12H2,1-2H3. The van der Waals surface area contributed by atoms with Crippen molar-refractivity contribution in [3.8, 4) is 22.1 Å². The van der Waals surface area contributed by atoms with Gasteiger partial charge in [-0.3, -0.25) is 19.5 Å². The molecule has 3 aromatic heterocycles. The van der Waals surface area contributed by atoms with Crippen LogP contribution in [0.15, 0.2) is 64.2 Å². The van der Waals surface area contributed by atoms with Gasteiger partial charge >= 0.3 is 5.69 Å². The van der Waals surface area contributed by atoms with Crippen LogP contribution in [0.5, 0.6) is 5.88 Å². The van der Waals surface area contributed by atoms with E-state index in [4.69, 9.17) is 4.74 Å². The average molecular weight is 538 g/mol. The van der Waals surface area contributed by atoms with Crippen LogP contribution in [0.25, 0.3) is 26.5 Å². The first-order chi connectivity index (χ1) is 18.2. The van der Waals surface area contributed by atoms with Crippen molar-refractivity contribution in [3.05, 3.63) is 108 Å². The lowest BCUT2D eigenvalue weighted by Crippen LogP contribution is -2.39. The Morgan fingerprint density at radius 1 is 1.03 bits per heavy atom. The van der Waals surface area contributed by atoms with E-state index in [0.717, 1.165) is 32.6 Å². The molecule has 0 amide bonds. The zero-order chi connectivity index (χ0) is 27.1. The summed E-state index contributed by atoms with van der Waals surface area (Å²) >= 11 is 1.07. The first-order valence-corrected chi connectivity index (χ1v) is 11.9. The second kappa shape index (κ2) is 9.59. The van der Waals surface area contributed by atoms with E-state index in [2.05, 4.69) is 10.2 Å². The molecule has 0 aliphatic carbocycles. The molecule has 0 N–H and O–H groups in total. The molecule has 192 valence electrons. The third-order valence-electron chi connectivity index (χ3n) is 5.99. The normalized spacial score (nSPS) is 11.2. The van der Waals surface area contributed by atoms with Gasteiger partial charge in [-0.1, -0.05) is 6.07 Å². The lowest BCUT2D eigenvalue weighted by atomic mass is 10.1. The van der Waals surface area contributed by atoms with Gasteiger partial charge in [-0.15, -0.1) is 21.5 Å². The Morgan fingerprint density at radius 3 is 2.29 bits per heavy atom. The quantitative estimate of drug-likeness (QED) is 0.235. The Labute approximate surface area is 216 Å². The number of non-ortho nitro benzene ring substituents is 1. The summed E-state index contributed by atoms with van der Waals surface area (Å²) in [5, 5.41) is 18.9. The van der Waals surface area contributed by atoms with E-state index < -0.39 is 34.4 Å². The Balaban J connectivity index is 1.82. The van der Waals surface area contributed by atoms with Crippen molar-refractivity contribution in [3.63, 3.8) is 0 Å². The SMILES string of the molecule is COc1ccc(-n2c(=O)c3c(C)c(-c4ccc([N+](=O)[O-])cc4)sc3n(Cc3c(F)cccc3F)c2=O)nn1. The van der Waals surface area contributed by atoms with E-state index in [9.17, 15) is 28.5 Å². The largest absolute Gasteiger partial charge is 0.480 e. The molecule has 0 radical (unpaired) electrons. The summed E-state index contributed by atoms with van der Waals surface area (Å²) in [6.07, 6.45) is 0. The van der Waals surface area contributed by atoms with Crippen LogP contribution in [0.2, 0.25) is 0 Å². The summed E-state index contributed by atoms with van der Waals surface area (Å²) in [6.45, 7) is 1.16. The molecule has 2 aromatic carbocycles. The maximum atomic E-state index is 14.6. The van der Waals surface area contributed by atoms with Crippen molar-refractivity contribution in [1.82, 2.24) is 19.3 Å². The van der Waals surface area contributed by atoms with Crippen LogP contribution in [0.1, 0.15) is 11.1 Å².